The van der Waals surface area contributed by atoms with Crippen LogP contribution in [-0.2, 0) is 9.59 Å². The molecule has 1 N–H and O–H groups in total. The molecule has 0 radical (unpaired) electrons. The molecule has 0 aromatic heterocycles. The molecule has 0 heterocycles. The molecule has 1 aromatic rings. The lowest BCUT2D eigenvalue weighted by atomic mass is 10.0. The predicted octanol–water partition coefficient (Wildman–Crippen LogP) is 3.72. The fourth-order valence-electron chi connectivity index (χ4n) is 2.42. The van der Waals surface area contributed by atoms with E-state index in [1.807, 2.05) is 20.8 Å². The van der Waals surface area contributed by atoms with Crippen molar-refractivity contribution in [3.63, 3.8) is 0 Å². The minimum absolute atomic E-state index is 0.136. The monoisotopic (exact) mass is 344 g/mol. The average molecular weight is 344 g/mol. The number of nitrogens with one attached hydrogen (secondary N) is 1. The Labute approximate surface area is 140 Å². The van der Waals surface area contributed by atoms with Gasteiger partial charge in [-0.1, -0.05) is 20.8 Å². The summed E-state index contributed by atoms with van der Waals surface area (Å²) in [5, 5.41) is 2.18. The van der Waals surface area contributed by atoms with Gasteiger partial charge >= 0.3 is 0 Å². The summed E-state index contributed by atoms with van der Waals surface area (Å²) < 4.78 is 39.7. The Morgan fingerprint density at radius 2 is 1.71 bits per heavy atom. The Morgan fingerprint density at radius 3 is 2.25 bits per heavy atom. The van der Waals surface area contributed by atoms with Crippen molar-refractivity contribution in [1.82, 2.24) is 4.90 Å². The van der Waals surface area contributed by atoms with Gasteiger partial charge in [0, 0.05) is 12.5 Å². The van der Waals surface area contributed by atoms with Gasteiger partial charge in [0.25, 0.3) is 0 Å². The Kier molecular flexibility index (Phi) is 7.74. The summed E-state index contributed by atoms with van der Waals surface area (Å²) in [5.41, 5.74) is -0.453. The first-order chi connectivity index (χ1) is 11.3. The summed E-state index contributed by atoms with van der Waals surface area (Å²) in [6.07, 6.45) is 1.99. The topological polar surface area (TPSA) is 49.4 Å². The van der Waals surface area contributed by atoms with Gasteiger partial charge in [-0.2, -0.15) is 0 Å². The third kappa shape index (κ3) is 4.97. The van der Waals surface area contributed by atoms with Crippen molar-refractivity contribution in [2.45, 2.75) is 40.0 Å². The van der Waals surface area contributed by atoms with E-state index in [9.17, 15) is 22.8 Å². The lowest BCUT2D eigenvalue weighted by Gasteiger charge is -2.25. The van der Waals surface area contributed by atoms with Gasteiger partial charge in [-0.3, -0.25) is 9.59 Å². The molecular weight excluding hydrogens is 321 g/mol. The van der Waals surface area contributed by atoms with E-state index in [0.29, 0.717) is 25.8 Å². The number of amides is 2. The van der Waals surface area contributed by atoms with Crippen molar-refractivity contribution in [3.05, 3.63) is 29.6 Å². The molecule has 0 bridgehead atoms. The largest absolute Gasteiger partial charge is 0.333 e. The van der Waals surface area contributed by atoms with Crippen LogP contribution >= 0.6 is 0 Å². The summed E-state index contributed by atoms with van der Waals surface area (Å²) in [7, 11) is 0. The van der Waals surface area contributed by atoms with E-state index in [4.69, 9.17) is 0 Å². The molecule has 1 aromatic carbocycles. The van der Waals surface area contributed by atoms with E-state index in [-0.39, 0.29) is 18.4 Å². The third-order valence-corrected chi connectivity index (χ3v) is 3.78. The average Bonchev–Trinajstić information content (AvgIpc) is 2.56. The zero-order valence-corrected chi connectivity index (χ0v) is 14.2. The summed E-state index contributed by atoms with van der Waals surface area (Å²) in [6.45, 7) is 5.80. The molecule has 0 saturated carbocycles. The number of hydrogen-bond donors (Lipinski definition) is 1. The van der Waals surface area contributed by atoms with Crippen molar-refractivity contribution in [2.75, 3.05) is 18.4 Å². The smallest absolute Gasteiger partial charge is 0.244 e. The highest BCUT2D eigenvalue weighted by molar-refractivity contribution is 5.94. The first kappa shape index (κ1) is 20.0. The minimum atomic E-state index is -1.65. The number of benzene rings is 1. The fraction of sp³-hybridized carbons (Fsp3) is 0.529. The lowest BCUT2D eigenvalue weighted by Crippen LogP contribution is -2.41. The molecule has 0 unspecified atom stereocenters. The minimum Gasteiger partial charge on any atom is -0.333 e. The van der Waals surface area contributed by atoms with Gasteiger partial charge in [-0.15, -0.1) is 0 Å². The number of hydrogen-bond acceptors (Lipinski definition) is 2. The summed E-state index contributed by atoms with van der Waals surface area (Å²) in [5.74, 6) is -5.41. The maximum Gasteiger partial charge on any atom is 0.244 e. The molecule has 0 fully saturated rings. The Hall–Kier alpha value is -2.05. The van der Waals surface area contributed by atoms with Crippen molar-refractivity contribution >= 4 is 17.5 Å². The zero-order valence-electron chi connectivity index (χ0n) is 14.2. The van der Waals surface area contributed by atoms with Crippen LogP contribution in [0.1, 0.15) is 40.0 Å². The van der Waals surface area contributed by atoms with Crippen molar-refractivity contribution in [1.29, 1.82) is 0 Å². The van der Waals surface area contributed by atoms with Crippen LogP contribution < -0.4 is 5.32 Å². The number of anilines is 1. The van der Waals surface area contributed by atoms with Crippen LogP contribution in [0.5, 0.6) is 0 Å². The highest BCUT2D eigenvalue weighted by Crippen LogP contribution is 2.20. The molecule has 0 saturated heterocycles. The van der Waals surface area contributed by atoms with Gasteiger partial charge in [-0.25, -0.2) is 13.2 Å². The van der Waals surface area contributed by atoms with Crippen LogP contribution in [0.15, 0.2) is 12.1 Å². The molecule has 0 aliphatic carbocycles. The normalized spacial score (nSPS) is 10.8. The Bertz CT molecular complexity index is 589. The molecule has 0 atom stereocenters. The molecule has 1 rings (SSSR count). The second-order valence-corrected chi connectivity index (χ2v) is 5.54. The standard InChI is InChI=1S/C17H23F3N2O2/c1-4-9-22(17(24)11(5-2)6-3)10-14(23)21-13-8-7-12(18)15(19)16(13)20/h7-8,11H,4-6,9-10H2,1-3H3,(H,21,23). The predicted molar refractivity (Wildman–Crippen MR) is 85.9 cm³/mol. The molecule has 24 heavy (non-hydrogen) atoms. The Morgan fingerprint density at radius 1 is 1.08 bits per heavy atom. The first-order valence-corrected chi connectivity index (χ1v) is 8.07. The Balaban J connectivity index is 2.83. The molecule has 4 nitrogen and oxygen atoms in total. The van der Waals surface area contributed by atoms with E-state index in [0.717, 1.165) is 12.1 Å². The fourth-order valence-corrected chi connectivity index (χ4v) is 2.42. The number of carbonyl (C=O) groups is 2. The lowest BCUT2D eigenvalue weighted by molar-refractivity contribution is -0.138. The van der Waals surface area contributed by atoms with Crippen LogP contribution in [-0.4, -0.2) is 29.8 Å². The van der Waals surface area contributed by atoms with Crippen LogP contribution in [0, 0.1) is 23.4 Å². The molecule has 0 aliphatic rings. The maximum absolute atomic E-state index is 13.6. The van der Waals surface area contributed by atoms with Crippen LogP contribution in [0.3, 0.4) is 0 Å². The zero-order chi connectivity index (χ0) is 18.3. The van der Waals surface area contributed by atoms with Gasteiger partial charge in [0.15, 0.2) is 17.5 Å². The molecule has 7 heteroatoms. The number of nitrogens with zero attached hydrogens (tertiary/aromatic N) is 1. The highest BCUT2D eigenvalue weighted by atomic mass is 19.2. The third-order valence-electron chi connectivity index (χ3n) is 3.78. The van der Waals surface area contributed by atoms with Crippen LogP contribution in [0.25, 0.3) is 0 Å². The van der Waals surface area contributed by atoms with E-state index in [2.05, 4.69) is 5.32 Å². The molecule has 134 valence electrons. The highest BCUT2D eigenvalue weighted by Gasteiger charge is 2.23. The van der Waals surface area contributed by atoms with Gasteiger partial charge in [0.1, 0.15) is 0 Å². The van der Waals surface area contributed by atoms with Gasteiger partial charge in [0.2, 0.25) is 11.8 Å². The van der Waals surface area contributed by atoms with E-state index < -0.39 is 29.0 Å². The van der Waals surface area contributed by atoms with Crippen molar-refractivity contribution in [2.24, 2.45) is 5.92 Å². The van der Waals surface area contributed by atoms with E-state index in [1.165, 1.54) is 4.90 Å². The van der Waals surface area contributed by atoms with Crippen LogP contribution in [0.2, 0.25) is 0 Å². The molecule has 2 amide bonds. The quantitative estimate of drug-likeness (QED) is 0.731. The maximum atomic E-state index is 13.6. The number of halogens is 3. The number of rotatable bonds is 8. The van der Waals surface area contributed by atoms with E-state index in [1.54, 1.807) is 0 Å². The first-order valence-electron chi connectivity index (χ1n) is 8.07. The van der Waals surface area contributed by atoms with Gasteiger partial charge < -0.3 is 10.2 Å². The summed E-state index contributed by atoms with van der Waals surface area (Å²) in [6, 6.07) is 1.67. The SMILES string of the molecule is CCCN(CC(=O)Nc1ccc(F)c(F)c1F)C(=O)C(CC)CC. The van der Waals surface area contributed by atoms with Crippen molar-refractivity contribution < 1.29 is 22.8 Å². The van der Waals surface area contributed by atoms with Crippen molar-refractivity contribution in [3.8, 4) is 0 Å². The number of carbonyl (C=O) groups excluding carboxylic acids is 2. The molecule has 0 aliphatic heterocycles. The second kappa shape index (κ2) is 9.30. The second-order valence-electron chi connectivity index (χ2n) is 5.54. The summed E-state index contributed by atoms with van der Waals surface area (Å²) in [4.78, 5) is 25.9. The van der Waals surface area contributed by atoms with Gasteiger partial charge in [0.05, 0.1) is 12.2 Å². The van der Waals surface area contributed by atoms with Gasteiger partial charge in [-0.05, 0) is 31.4 Å². The van der Waals surface area contributed by atoms with E-state index >= 15 is 0 Å². The molecule has 0 spiro atoms. The van der Waals surface area contributed by atoms with Crippen LogP contribution in [0.4, 0.5) is 18.9 Å². The summed E-state index contributed by atoms with van der Waals surface area (Å²) >= 11 is 0. The molecular formula is C17H23F3N2O2.